The summed E-state index contributed by atoms with van der Waals surface area (Å²) < 4.78 is 73.4. The number of carbonyl (C=O) groups excluding carboxylic acids is 3. The van der Waals surface area contributed by atoms with Crippen LogP contribution in [0.15, 0.2) is 11.6 Å². The van der Waals surface area contributed by atoms with Crippen molar-refractivity contribution in [2.45, 2.75) is 362 Å². The predicted octanol–water partition coefficient (Wildman–Crippen LogP) is -1.16. The van der Waals surface area contributed by atoms with Gasteiger partial charge in [-0.2, -0.15) is 0 Å². The van der Waals surface area contributed by atoms with E-state index in [9.17, 15) is 101 Å². The number of nitrogens with one attached hydrogen (secondary N) is 1. The smallest absolute Gasteiger partial charge is 0.335 e. The normalized spacial score (nSPS) is 46.2. The van der Waals surface area contributed by atoms with E-state index in [0.717, 1.165) is 56.8 Å². The number of unbranched alkanes of at least 4 members (excludes halogenated alkanes) is 8. The lowest BCUT2D eigenvalue weighted by molar-refractivity contribution is -0.391. The number of allylic oxidation sites excluding steroid dienone is 2. The van der Waals surface area contributed by atoms with Gasteiger partial charge in [0.1, 0.15) is 109 Å². The summed E-state index contributed by atoms with van der Waals surface area (Å²) in [6.45, 7) is 13.7. The van der Waals surface area contributed by atoms with Gasteiger partial charge in [0.05, 0.1) is 68.9 Å². The third-order valence-corrected chi connectivity index (χ3v) is 27.4. The van der Waals surface area contributed by atoms with E-state index in [1.807, 2.05) is 0 Å². The highest BCUT2D eigenvalue weighted by molar-refractivity contribution is 5.80. The molecule has 18 N–H and O–H groups in total. The zero-order valence-corrected chi connectivity index (χ0v) is 65.2. The lowest BCUT2D eigenvalue weighted by Crippen LogP contribution is -2.70. The molecule has 34 heteroatoms. The molecule has 5 aliphatic heterocycles. The first kappa shape index (κ1) is 90.1. The van der Waals surface area contributed by atoms with Gasteiger partial charge < -0.3 is 154 Å². The van der Waals surface area contributed by atoms with Crippen LogP contribution in [-0.2, 0) is 76.0 Å². The van der Waals surface area contributed by atoms with Crippen molar-refractivity contribution < 1.29 is 163 Å². The molecule has 10 rings (SSSR count). The highest BCUT2D eigenvalue weighted by atomic mass is 16.8. The molecule has 5 heterocycles. The number of amides is 1. The molecule has 34 nitrogen and oxygen atoms in total. The Kier molecular flexibility index (Phi) is 30.0. The highest BCUT2D eigenvalue weighted by Crippen LogP contribution is 2.76. The number of carboxylic acid groups (broad SMARTS) is 1. The van der Waals surface area contributed by atoms with E-state index in [2.05, 4.69) is 52.9 Å². The molecule has 37 atom stereocenters. The number of aliphatic hydroxyl groups excluding tert-OH is 16. The van der Waals surface area contributed by atoms with Crippen molar-refractivity contribution in [1.29, 1.82) is 0 Å². The van der Waals surface area contributed by atoms with Crippen molar-refractivity contribution >= 4 is 24.1 Å². The minimum Gasteiger partial charge on any atom is -0.479 e. The van der Waals surface area contributed by atoms with Crippen molar-refractivity contribution in [2.24, 2.45) is 50.2 Å². The number of hydrogen-bond acceptors (Lipinski definition) is 32. The summed E-state index contributed by atoms with van der Waals surface area (Å²) in [5.74, 6) is -4.63. The van der Waals surface area contributed by atoms with Gasteiger partial charge >= 0.3 is 11.9 Å². The SMILES string of the molecule is CCCCCCCCCCCC(=O)N[C@H]1C(CO)O[C@@H](OC(=O)[C@]23CCC(C)(C)CC2C2=CCC4C5(C)CC[C@H](O[C@@H]6OC(C(=O)O)[C@@H](O)C(O[C@@H]7OC[C@@H](O)C(O)[C@@H]7O)[C@@H]6O[C@@H]6OC(CO)[C@H](O)C(O)[C@@H]6O)[C@](C)(C=O)C5CC[C@@]4(C)[C@]2(C)C[C@H]3O)C(O[C@H](OC(C)[C@@H](C)O[C@@H]2OC[C@@H](O)[C@@H](O)C2O)[C@@H](O)CO)[C@@H]1O. The van der Waals surface area contributed by atoms with Gasteiger partial charge in [-0.3, -0.25) is 9.59 Å². The fourth-order valence-corrected chi connectivity index (χ4v) is 20.3. The quantitative estimate of drug-likeness (QED) is 0.00944. The Morgan fingerprint density at radius 2 is 1.21 bits per heavy atom. The Hall–Kier alpha value is -3.26. The van der Waals surface area contributed by atoms with Crippen LogP contribution < -0.4 is 5.32 Å². The first-order chi connectivity index (χ1) is 52.4. The van der Waals surface area contributed by atoms with E-state index in [-0.39, 0.29) is 38.2 Å². The monoisotopic (exact) mass is 1590 g/mol. The summed E-state index contributed by atoms with van der Waals surface area (Å²) in [6, 6.07) is -1.43. The number of carboxylic acids is 1. The van der Waals surface area contributed by atoms with Crippen molar-refractivity contribution in [1.82, 2.24) is 5.32 Å². The van der Waals surface area contributed by atoms with Crippen LogP contribution in [0.25, 0.3) is 0 Å². The first-order valence-corrected chi connectivity index (χ1v) is 40.1. The van der Waals surface area contributed by atoms with Crippen LogP contribution in [0.3, 0.4) is 0 Å². The minimum atomic E-state index is -2.23. The molecule has 0 bridgehead atoms. The van der Waals surface area contributed by atoms with Crippen LogP contribution in [0.2, 0.25) is 0 Å². The number of aliphatic hydroxyl groups is 16. The van der Waals surface area contributed by atoms with Gasteiger partial charge in [0.25, 0.3) is 0 Å². The summed E-state index contributed by atoms with van der Waals surface area (Å²) in [4.78, 5) is 57.4. The largest absolute Gasteiger partial charge is 0.479 e. The second kappa shape index (κ2) is 36.9. The number of aldehydes is 1. The van der Waals surface area contributed by atoms with Crippen LogP contribution in [-0.4, -0.2) is 322 Å². The lowest BCUT2D eigenvalue weighted by atomic mass is 9.33. The molecule has 638 valence electrons. The summed E-state index contributed by atoms with van der Waals surface area (Å²) in [6.07, 6.45) is -34.7. The maximum Gasteiger partial charge on any atom is 0.335 e. The number of carbonyl (C=O) groups is 4. The molecule has 0 aromatic heterocycles. The maximum absolute atomic E-state index is 16.1. The maximum atomic E-state index is 16.1. The van der Waals surface area contributed by atoms with E-state index in [1.165, 1.54) is 20.3 Å². The molecule has 1 amide bonds. The average molecular weight is 1590 g/mol. The molecule has 0 aromatic rings. The summed E-state index contributed by atoms with van der Waals surface area (Å²) in [5, 5.41) is 191. The number of fused-ring (bicyclic) bond motifs is 7. The molecule has 10 aliphatic rings. The summed E-state index contributed by atoms with van der Waals surface area (Å²) in [5.41, 5.74) is -4.97. The van der Waals surface area contributed by atoms with E-state index in [4.69, 9.17) is 56.8 Å². The average Bonchev–Trinajstić information content (AvgIpc) is 0.670. The van der Waals surface area contributed by atoms with Crippen LogP contribution in [0.1, 0.15) is 184 Å². The second-order valence-electron chi connectivity index (χ2n) is 35.0. The molecule has 4 saturated carbocycles. The van der Waals surface area contributed by atoms with Gasteiger partial charge in [-0.05, 0) is 117 Å². The lowest BCUT2D eigenvalue weighted by Gasteiger charge is -2.71. The van der Waals surface area contributed by atoms with E-state index in [1.54, 1.807) is 6.92 Å². The minimum absolute atomic E-state index is 0.0199. The fourth-order valence-electron chi connectivity index (χ4n) is 20.3. The van der Waals surface area contributed by atoms with Gasteiger partial charge in [-0.25, -0.2) is 4.79 Å². The van der Waals surface area contributed by atoms with Gasteiger partial charge in [-0.1, -0.05) is 111 Å². The number of hydrogen-bond donors (Lipinski definition) is 18. The molecule has 5 aliphatic carbocycles. The van der Waals surface area contributed by atoms with Gasteiger partial charge in [-0.15, -0.1) is 0 Å². The number of aliphatic carboxylic acids is 1. The summed E-state index contributed by atoms with van der Waals surface area (Å²) >= 11 is 0. The Morgan fingerprint density at radius 1 is 0.604 bits per heavy atom. The van der Waals surface area contributed by atoms with Crippen LogP contribution >= 0.6 is 0 Å². The fraction of sp³-hybridized carbons (Fsp3) is 0.922. The predicted molar refractivity (Wildman–Crippen MR) is 381 cm³/mol. The molecule has 9 fully saturated rings. The van der Waals surface area contributed by atoms with Crippen LogP contribution in [0.4, 0.5) is 0 Å². The van der Waals surface area contributed by atoms with Crippen LogP contribution in [0.5, 0.6) is 0 Å². The molecule has 0 aromatic carbocycles. The third-order valence-electron chi connectivity index (χ3n) is 27.4. The molecular formula is C77H127NO33. The second-order valence-corrected chi connectivity index (χ2v) is 35.0. The Balaban J connectivity index is 0.929. The molecule has 13 unspecified atom stereocenters. The molecule has 0 spiro atoms. The van der Waals surface area contributed by atoms with Crippen LogP contribution in [0, 0.1) is 50.2 Å². The molecule has 0 radical (unpaired) electrons. The first-order valence-electron chi connectivity index (χ1n) is 40.1. The van der Waals surface area contributed by atoms with Crippen molar-refractivity contribution in [3.05, 3.63) is 11.6 Å². The number of esters is 1. The Morgan fingerprint density at radius 3 is 1.83 bits per heavy atom. The molecule has 5 saturated heterocycles. The summed E-state index contributed by atoms with van der Waals surface area (Å²) in [7, 11) is 0. The van der Waals surface area contributed by atoms with Gasteiger partial charge in [0, 0.05) is 6.42 Å². The molecular weight excluding hydrogens is 1470 g/mol. The van der Waals surface area contributed by atoms with Crippen molar-refractivity contribution in [2.75, 3.05) is 33.0 Å². The Labute approximate surface area is 647 Å². The third kappa shape index (κ3) is 17.9. The molecule has 111 heavy (non-hydrogen) atoms. The number of rotatable bonds is 32. The zero-order valence-electron chi connectivity index (χ0n) is 65.2. The Bertz CT molecular complexity index is 3100. The van der Waals surface area contributed by atoms with Gasteiger partial charge in [0.15, 0.2) is 43.7 Å². The topological polar surface area (TPSA) is 535 Å². The zero-order chi connectivity index (χ0) is 81.4. The van der Waals surface area contributed by atoms with E-state index >= 15 is 4.79 Å². The standard InChI is InChI=1S/C77H127NO33/c1-10-11-12-13-14-15-16-17-18-19-49(87)78-50-43(31-80)104-69(62(54(50)91)109-65(40(83)30-79)102-36(2)37(3)103-66-56(93)51(88)41(84)33-100-66)111-71(99)77-27-26-72(4,5)28-39(77)38-20-21-46-73(6)24-23-48(74(7,35-82)45(73)22-25-75(46,8)76(38,9)29-47(77)86)106-70-63(110-68-58(95)55(92)53(90)44(32-81)105-68)60(59(96)61(108-70)64(97)98)107-67-57(94)52(89)42(85)34-101-67/h20,35-37,39-48,50-63,65-70,79-81,83-86,88-96H,10-19,21-34H2,1-9H3,(H,78,87)(H,97,98)/t36?,37-,39?,40+,41-,42-,43?,44?,45?,46?,47-,48+,50+,51-,52?,53+,54-,55?,56?,57+,58+,59+,60?,61?,62?,63+,65+,66+,67+,68+,69+,70-,73?,74-,75-,76-,77-/m1/s1. The van der Waals surface area contributed by atoms with Crippen molar-refractivity contribution in [3.63, 3.8) is 0 Å². The van der Waals surface area contributed by atoms with Gasteiger partial charge in [0.2, 0.25) is 12.2 Å². The van der Waals surface area contributed by atoms with E-state index in [0.29, 0.717) is 44.9 Å². The number of ether oxygens (including phenoxy) is 12. The van der Waals surface area contributed by atoms with E-state index < -0.39 is 267 Å². The van der Waals surface area contributed by atoms with Crippen molar-refractivity contribution in [3.8, 4) is 0 Å². The highest BCUT2D eigenvalue weighted by Gasteiger charge is 2.73.